The summed E-state index contributed by atoms with van der Waals surface area (Å²) in [6.45, 7) is 1.98. The molecule has 1 aromatic heterocycles. The monoisotopic (exact) mass is 322 g/mol. The number of rotatable bonds is 3. The molecule has 0 spiro atoms. The smallest absolute Gasteiger partial charge is 0.125 e. The van der Waals surface area contributed by atoms with Crippen molar-refractivity contribution in [3.05, 3.63) is 58.6 Å². The maximum Gasteiger partial charge on any atom is 0.125 e. The van der Waals surface area contributed by atoms with Crippen molar-refractivity contribution in [2.24, 2.45) is 0 Å². The maximum absolute atomic E-state index is 13.4. The predicted molar refractivity (Wildman–Crippen MR) is 85.2 cm³/mol. The standard InChI is InChI=1S/C16H13Cl2FN2/c1-10-2-4-14(12(18)8-10)21-15-5-3-11(19)9-13(15)20-16(21)6-7-17/h2-5,8-9H,6-7H2,1H3. The number of hydrogen-bond donors (Lipinski definition) is 0. The van der Waals surface area contributed by atoms with Gasteiger partial charge in [-0.2, -0.15) is 0 Å². The molecule has 0 saturated heterocycles. The van der Waals surface area contributed by atoms with E-state index in [1.54, 1.807) is 6.07 Å². The quantitative estimate of drug-likeness (QED) is 0.626. The van der Waals surface area contributed by atoms with Gasteiger partial charge in [-0.25, -0.2) is 9.37 Å². The minimum absolute atomic E-state index is 0.306. The molecule has 0 fully saturated rings. The first-order chi connectivity index (χ1) is 10.1. The molecular weight excluding hydrogens is 310 g/mol. The number of hydrogen-bond acceptors (Lipinski definition) is 1. The Kier molecular flexibility index (Phi) is 3.87. The van der Waals surface area contributed by atoms with Gasteiger partial charge in [-0.15, -0.1) is 11.6 Å². The number of halogens is 3. The summed E-state index contributed by atoms with van der Waals surface area (Å²) in [5, 5.41) is 0.634. The average molecular weight is 323 g/mol. The lowest BCUT2D eigenvalue weighted by atomic mass is 10.2. The van der Waals surface area contributed by atoms with Crippen molar-refractivity contribution in [3.63, 3.8) is 0 Å². The van der Waals surface area contributed by atoms with Crippen molar-refractivity contribution < 1.29 is 4.39 Å². The van der Waals surface area contributed by atoms with Gasteiger partial charge in [0.05, 0.1) is 21.7 Å². The van der Waals surface area contributed by atoms with E-state index < -0.39 is 0 Å². The Labute approximate surface area is 132 Å². The largest absolute Gasteiger partial charge is 0.295 e. The second-order valence-corrected chi connectivity index (χ2v) is 5.68. The van der Waals surface area contributed by atoms with Gasteiger partial charge < -0.3 is 0 Å². The molecule has 0 aliphatic heterocycles. The Bertz CT molecular complexity index is 811. The van der Waals surface area contributed by atoms with Crippen molar-refractivity contribution in [1.29, 1.82) is 0 Å². The van der Waals surface area contributed by atoms with Crippen LogP contribution in [0, 0.1) is 12.7 Å². The third kappa shape index (κ3) is 2.63. The molecule has 108 valence electrons. The second-order valence-electron chi connectivity index (χ2n) is 4.89. The van der Waals surface area contributed by atoms with Gasteiger partial charge in [0.2, 0.25) is 0 Å². The number of alkyl halides is 1. The van der Waals surface area contributed by atoms with Crippen LogP contribution in [0.3, 0.4) is 0 Å². The van der Waals surface area contributed by atoms with Crippen LogP contribution >= 0.6 is 23.2 Å². The molecule has 0 amide bonds. The number of imidazole rings is 1. The van der Waals surface area contributed by atoms with Gasteiger partial charge in [-0.1, -0.05) is 17.7 Å². The van der Waals surface area contributed by atoms with Crippen LogP contribution in [0.5, 0.6) is 0 Å². The molecule has 0 N–H and O–H groups in total. The third-order valence-corrected chi connectivity index (χ3v) is 3.84. The van der Waals surface area contributed by atoms with Crippen LogP contribution in [-0.4, -0.2) is 15.4 Å². The highest BCUT2D eigenvalue weighted by atomic mass is 35.5. The van der Waals surface area contributed by atoms with Crippen molar-refractivity contribution in [3.8, 4) is 5.69 Å². The minimum Gasteiger partial charge on any atom is -0.295 e. The fourth-order valence-electron chi connectivity index (χ4n) is 2.42. The SMILES string of the molecule is Cc1ccc(-n2c(CCCl)nc3cc(F)ccc32)c(Cl)c1. The van der Waals surface area contributed by atoms with E-state index in [1.165, 1.54) is 12.1 Å². The average Bonchev–Trinajstić information content (AvgIpc) is 2.76. The van der Waals surface area contributed by atoms with Crippen LogP contribution in [-0.2, 0) is 6.42 Å². The van der Waals surface area contributed by atoms with E-state index in [9.17, 15) is 4.39 Å². The first kappa shape index (κ1) is 14.4. The molecule has 2 nitrogen and oxygen atoms in total. The van der Waals surface area contributed by atoms with Gasteiger partial charge in [0.15, 0.2) is 0 Å². The predicted octanol–water partition coefficient (Wildman–Crippen LogP) is 4.91. The summed E-state index contributed by atoms with van der Waals surface area (Å²) in [6, 6.07) is 10.4. The molecule has 0 saturated carbocycles. The molecule has 1 heterocycles. The fraction of sp³-hybridized carbons (Fsp3) is 0.188. The Hall–Kier alpha value is -1.58. The second kappa shape index (κ2) is 5.66. The molecule has 0 aliphatic rings. The highest BCUT2D eigenvalue weighted by Crippen LogP contribution is 2.28. The molecule has 2 aromatic carbocycles. The van der Waals surface area contributed by atoms with Crippen molar-refractivity contribution in [2.45, 2.75) is 13.3 Å². The number of benzene rings is 2. The zero-order valence-corrected chi connectivity index (χ0v) is 12.9. The normalized spacial score (nSPS) is 11.2. The lowest BCUT2D eigenvalue weighted by Crippen LogP contribution is -2.03. The van der Waals surface area contributed by atoms with E-state index in [1.807, 2.05) is 29.7 Å². The first-order valence-corrected chi connectivity index (χ1v) is 7.51. The molecule has 0 aliphatic carbocycles. The third-order valence-electron chi connectivity index (χ3n) is 3.35. The van der Waals surface area contributed by atoms with Crippen LogP contribution in [0.15, 0.2) is 36.4 Å². The summed E-state index contributed by atoms with van der Waals surface area (Å²) in [4.78, 5) is 4.48. The summed E-state index contributed by atoms with van der Waals surface area (Å²) in [5.41, 5.74) is 3.34. The van der Waals surface area contributed by atoms with Gasteiger partial charge >= 0.3 is 0 Å². The van der Waals surface area contributed by atoms with Gasteiger partial charge in [-0.05, 0) is 36.8 Å². The zero-order valence-electron chi connectivity index (χ0n) is 11.4. The van der Waals surface area contributed by atoms with E-state index in [4.69, 9.17) is 23.2 Å². The van der Waals surface area contributed by atoms with Gasteiger partial charge in [0.25, 0.3) is 0 Å². The maximum atomic E-state index is 13.4. The van der Waals surface area contributed by atoms with Crippen LogP contribution in [0.25, 0.3) is 16.7 Å². The Morgan fingerprint density at radius 3 is 2.71 bits per heavy atom. The summed E-state index contributed by atoms with van der Waals surface area (Å²) in [7, 11) is 0. The number of aromatic nitrogens is 2. The summed E-state index contributed by atoms with van der Waals surface area (Å²) >= 11 is 12.2. The van der Waals surface area contributed by atoms with Crippen molar-refractivity contribution >= 4 is 34.2 Å². The van der Waals surface area contributed by atoms with Crippen LogP contribution in [0.2, 0.25) is 5.02 Å². The molecule has 3 rings (SSSR count). The molecular formula is C16H13Cl2FN2. The lowest BCUT2D eigenvalue weighted by Gasteiger charge is -2.11. The topological polar surface area (TPSA) is 17.8 Å². The molecule has 0 radical (unpaired) electrons. The number of fused-ring (bicyclic) bond motifs is 1. The van der Waals surface area contributed by atoms with E-state index in [-0.39, 0.29) is 5.82 Å². The molecule has 0 unspecified atom stereocenters. The summed E-state index contributed by atoms with van der Waals surface area (Å²) in [6.07, 6.45) is 0.585. The fourth-order valence-corrected chi connectivity index (χ4v) is 2.91. The van der Waals surface area contributed by atoms with E-state index in [0.29, 0.717) is 22.8 Å². The molecule has 3 aromatic rings. The Morgan fingerprint density at radius 2 is 2.00 bits per heavy atom. The summed E-state index contributed by atoms with van der Waals surface area (Å²) < 4.78 is 15.3. The van der Waals surface area contributed by atoms with Gasteiger partial charge in [0.1, 0.15) is 11.6 Å². The highest BCUT2D eigenvalue weighted by Gasteiger charge is 2.15. The first-order valence-electron chi connectivity index (χ1n) is 6.59. The minimum atomic E-state index is -0.306. The number of aryl methyl sites for hydroxylation is 2. The highest BCUT2D eigenvalue weighted by molar-refractivity contribution is 6.32. The van der Waals surface area contributed by atoms with Crippen molar-refractivity contribution in [2.75, 3.05) is 5.88 Å². The van der Waals surface area contributed by atoms with Crippen LogP contribution < -0.4 is 0 Å². The van der Waals surface area contributed by atoms with Crippen molar-refractivity contribution in [1.82, 2.24) is 9.55 Å². The van der Waals surface area contributed by atoms with E-state index in [0.717, 1.165) is 22.6 Å². The van der Waals surface area contributed by atoms with Crippen LogP contribution in [0.1, 0.15) is 11.4 Å². The van der Waals surface area contributed by atoms with E-state index >= 15 is 0 Å². The van der Waals surface area contributed by atoms with Gasteiger partial charge in [-0.3, -0.25) is 4.57 Å². The molecule has 0 bridgehead atoms. The Balaban J connectivity index is 2.30. The van der Waals surface area contributed by atoms with Gasteiger partial charge in [0, 0.05) is 18.4 Å². The molecule has 0 atom stereocenters. The number of nitrogens with zero attached hydrogens (tertiary/aromatic N) is 2. The lowest BCUT2D eigenvalue weighted by molar-refractivity contribution is 0.629. The van der Waals surface area contributed by atoms with Crippen LogP contribution in [0.4, 0.5) is 4.39 Å². The molecule has 21 heavy (non-hydrogen) atoms. The Morgan fingerprint density at radius 1 is 1.19 bits per heavy atom. The van der Waals surface area contributed by atoms with E-state index in [2.05, 4.69) is 4.98 Å². The zero-order chi connectivity index (χ0) is 15.0. The summed E-state index contributed by atoms with van der Waals surface area (Å²) in [5.74, 6) is 0.908. The molecule has 5 heteroatoms.